The third-order valence-corrected chi connectivity index (χ3v) is 9.99. The lowest BCUT2D eigenvalue weighted by Crippen LogP contribution is -2.78. The van der Waals surface area contributed by atoms with Gasteiger partial charge in [-0.25, -0.2) is 9.59 Å². The molecular formula is C25H34O10. The van der Waals surface area contributed by atoms with Gasteiger partial charge in [-0.2, -0.15) is 0 Å². The van der Waals surface area contributed by atoms with Gasteiger partial charge in [-0.3, -0.25) is 4.79 Å². The molecule has 4 fully saturated rings. The number of carbonyl (C=O) groups excluding carboxylic acids is 3. The number of ether oxygens (including phenoxy) is 3. The number of carbonyl (C=O) groups is 3. The van der Waals surface area contributed by atoms with E-state index in [0.29, 0.717) is 5.57 Å². The van der Waals surface area contributed by atoms with Gasteiger partial charge in [0.25, 0.3) is 0 Å². The minimum absolute atomic E-state index is 0.0510. The molecule has 12 atom stereocenters. The van der Waals surface area contributed by atoms with Crippen LogP contribution in [0.5, 0.6) is 0 Å². The van der Waals surface area contributed by atoms with Crippen molar-refractivity contribution in [2.24, 2.45) is 34.5 Å². The number of ketones is 1. The second-order valence-corrected chi connectivity index (χ2v) is 11.6. The predicted molar refractivity (Wildman–Crippen MR) is 117 cm³/mol. The summed E-state index contributed by atoms with van der Waals surface area (Å²) in [6, 6.07) is 0. The molecule has 2 heterocycles. The summed E-state index contributed by atoms with van der Waals surface area (Å²) in [4.78, 5) is 38.8. The zero-order valence-corrected chi connectivity index (χ0v) is 20.6. The summed E-state index contributed by atoms with van der Waals surface area (Å²) in [5, 5.41) is 44.8. The van der Waals surface area contributed by atoms with Gasteiger partial charge in [0, 0.05) is 22.7 Å². The minimum atomic E-state index is -2.12. The topological polar surface area (TPSA) is 160 Å². The third kappa shape index (κ3) is 2.80. The van der Waals surface area contributed by atoms with Crippen molar-refractivity contribution >= 4 is 17.7 Å². The fourth-order valence-electron chi connectivity index (χ4n) is 8.12. The number of esters is 2. The Hall–Kier alpha value is -1.85. The van der Waals surface area contributed by atoms with Crippen molar-refractivity contribution in [3.8, 4) is 0 Å². The van der Waals surface area contributed by atoms with Gasteiger partial charge < -0.3 is 34.6 Å². The average Bonchev–Trinajstić information content (AvgIpc) is 3.08. The number of fused-ring (bicyclic) bond motifs is 1. The van der Waals surface area contributed by atoms with Crippen LogP contribution in [0.2, 0.25) is 0 Å². The molecule has 2 bridgehead atoms. The van der Waals surface area contributed by atoms with E-state index >= 15 is 0 Å². The maximum Gasteiger partial charge on any atom is 0.348 e. The molecule has 0 aromatic carbocycles. The van der Waals surface area contributed by atoms with Crippen LogP contribution in [0.15, 0.2) is 11.6 Å². The van der Waals surface area contributed by atoms with E-state index in [2.05, 4.69) is 0 Å². The fourth-order valence-corrected chi connectivity index (χ4v) is 8.12. The van der Waals surface area contributed by atoms with Crippen LogP contribution >= 0.6 is 0 Å². The molecule has 10 nitrogen and oxygen atoms in total. The Morgan fingerprint density at radius 2 is 1.97 bits per heavy atom. The van der Waals surface area contributed by atoms with E-state index in [-0.39, 0.29) is 19.4 Å². The molecule has 2 saturated carbocycles. The Kier molecular flexibility index (Phi) is 5.21. The van der Waals surface area contributed by atoms with E-state index in [1.807, 2.05) is 0 Å². The van der Waals surface area contributed by atoms with E-state index in [4.69, 9.17) is 14.2 Å². The van der Waals surface area contributed by atoms with E-state index < -0.39 is 88.0 Å². The molecule has 0 amide bonds. The molecular weight excluding hydrogens is 460 g/mol. The Morgan fingerprint density at radius 1 is 1.31 bits per heavy atom. The summed E-state index contributed by atoms with van der Waals surface area (Å²) >= 11 is 0. The summed E-state index contributed by atoms with van der Waals surface area (Å²) in [7, 11) is 0. The van der Waals surface area contributed by atoms with Crippen molar-refractivity contribution in [1.82, 2.24) is 0 Å². The SMILES string of the molecule is CC[C@@](C)(O)C(=O)O[C@H]1C(=O)O[C@@H]2C[C@H]3C(C)=CC(=O)[C@@H](O)[C@]3(C)[C@@H]3[C@]4(O)OC[C@@]23[C@H]1[C@H](C)[C@@H]4O. The highest BCUT2D eigenvalue weighted by atomic mass is 16.7. The van der Waals surface area contributed by atoms with E-state index in [0.717, 1.165) is 0 Å². The first-order valence-electron chi connectivity index (χ1n) is 12.3. The monoisotopic (exact) mass is 494 g/mol. The van der Waals surface area contributed by atoms with Crippen molar-refractivity contribution < 1.29 is 49.0 Å². The maximum absolute atomic E-state index is 13.3. The van der Waals surface area contributed by atoms with Gasteiger partial charge in [-0.15, -0.1) is 0 Å². The summed E-state index contributed by atoms with van der Waals surface area (Å²) in [5.74, 6) is -7.47. The molecule has 10 heteroatoms. The number of hydrogen-bond donors (Lipinski definition) is 4. The first-order valence-corrected chi connectivity index (χ1v) is 12.3. The van der Waals surface area contributed by atoms with Crippen molar-refractivity contribution in [3.63, 3.8) is 0 Å². The number of aliphatic hydroxyl groups excluding tert-OH is 2. The van der Waals surface area contributed by atoms with Gasteiger partial charge in [-0.1, -0.05) is 26.3 Å². The summed E-state index contributed by atoms with van der Waals surface area (Å²) < 4.78 is 17.4. The molecule has 0 unspecified atom stereocenters. The second-order valence-electron chi connectivity index (χ2n) is 11.6. The smallest absolute Gasteiger partial charge is 0.348 e. The van der Waals surface area contributed by atoms with Crippen LogP contribution < -0.4 is 0 Å². The molecule has 0 aromatic heterocycles. The van der Waals surface area contributed by atoms with Crippen LogP contribution in [-0.2, 0) is 28.6 Å². The van der Waals surface area contributed by atoms with E-state index in [9.17, 15) is 34.8 Å². The maximum atomic E-state index is 13.3. The van der Waals surface area contributed by atoms with Crippen molar-refractivity contribution in [2.45, 2.75) is 83.3 Å². The second kappa shape index (κ2) is 7.35. The van der Waals surface area contributed by atoms with Crippen LogP contribution in [0.25, 0.3) is 0 Å². The normalized spacial score (nSPS) is 52.0. The first-order chi connectivity index (χ1) is 16.2. The Bertz CT molecular complexity index is 1020. The van der Waals surface area contributed by atoms with Gasteiger partial charge in [0.05, 0.1) is 6.61 Å². The number of aliphatic hydroxyl groups is 4. The highest BCUT2D eigenvalue weighted by Crippen LogP contribution is 2.73. The summed E-state index contributed by atoms with van der Waals surface area (Å²) in [6.45, 7) is 7.88. The lowest BCUT2D eigenvalue weighted by molar-refractivity contribution is -0.340. The zero-order valence-electron chi connectivity index (χ0n) is 20.6. The van der Waals surface area contributed by atoms with Crippen molar-refractivity contribution in [1.29, 1.82) is 0 Å². The Balaban J connectivity index is 1.69. The molecule has 0 radical (unpaired) electrons. The quantitative estimate of drug-likeness (QED) is 0.389. The highest BCUT2D eigenvalue weighted by molar-refractivity contribution is 5.96. The highest BCUT2D eigenvalue weighted by Gasteiger charge is 2.83. The molecule has 194 valence electrons. The van der Waals surface area contributed by atoms with Gasteiger partial charge in [0.15, 0.2) is 17.2 Å². The standard InChI is InChI=1S/C25H34O10/c1-6-22(4,31)21(30)35-16-15-11(3)17(27)25(32)20-23(5)12(10(2)7-13(26)18(23)28)8-14(34-19(16)29)24(15,20)9-33-25/h7,11-12,14-18,20,27-28,31-32H,6,8-9H2,1-5H3/t11-,12-,14+,15-,16+,17-,18+,20-,22+,23+,24-,25+/m0/s1. The van der Waals surface area contributed by atoms with Gasteiger partial charge in [0.2, 0.25) is 6.10 Å². The van der Waals surface area contributed by atoms with E-state index in [1.165, 1.54) is 13.0 Å². The van der Waals surface area contributed by atoms with Gasteiger partial charge in [-0.05, 0) is 44.6 Å². The van der Waals surface area contributed by atoms with Crippen LogP contribution in [0.4, 0.5) is 0 Å². The molecule has 2 aliphatic heterocycles. The molecule has 4 N–H and O–H groups in total. The van der Waals surface area contributed by atoms with Crippen LogP contribution in [0.3, 0.4) is 0 Å². The van der Waals surface area contributed by atoms with Crippen LogP contribution in [0, 0.1) is 34.5 Å². The fraction of sp³-hybridized carbons (Fsp3) is 0.800. The largest absolute Gasteiger partial charge is 0.459 e. The van der Waals surface area contributed by atoms with E-state index in [1.54, 1.807) is 27.7 Å². The van der Waals surface area contributed by atoms with Crippen LogP contribution in [-0.4, -0.2) is 80.6 Å². The summed E-state index contributed by atoms with van der Waals surface area (Å²) in [6.07, 6.45) is -3.51. The number of rotatable bonds is 3. The lowest BCUT2D eigenvalue weighted by Gasteiger charge is -2.68. The molecule has 35 heavy (non-hydrogen) atoms. The van der Waals surface area contributed by atoms with Gasteiger partial charge >= 0.3 is 11.9 Å². The Morgan fingerprint density at radius 3 is 2.60 bits per heavy atom. The Labute approximate surface area is 203 Å². The first kappa shape index (κ1) is 24.8. The predicted octanol–water partition coefficient (Wildman–Crippen LogP) is -0.151. The van der Waals surface area contributed by atoms with Gasteiger partial charge in [0.1, 0.15) is 18.3 Å². The molecule has 5 aliphatic rings. The van der Waals surface area contributed by atoms with Crippen molar-refractivity contribution in [3.05, 3.63) is 11.6 Å². The zero-order chi connectivity index (χ0) is 25.9. The average molecular weight is 495 g/mol. The number of hydrogen-bond acceptors (Lipinski definition) is 10. The molecule has 1 spiro atoms. The third-order valence-electron chi connectivity index (χ3n) is 9.99. The van der Waals surface area contributed by atoms with Crippen molar-refractivity contribution in [2.75, 3.05) is 6.61 Å². The molecule has 0 aromatic rings. The molecule has 2 saturated heterocycles. The molecule has 5 rings (SSSR count). The van der Waals surface area contributed by atoms with Crippen LogP contribution in [0.1, 0.15) is 47.5 Å². The minimum Gasteiger partial charge on any atom is -0.459 e. The molecule has 3 aliphatic carbocycles. The number of allylic oxidation sites excluding steroid dienone is 1. The summed E-state index contributed by atoms with van der Waals surface area (Å²) in [5.41, 5.74) is -3.54. The lowest BCUT2D eigenvalue weighted by atomic mass is 9.38.